The first-order chi connectivity index (χ1) is 10.1. The van der Waals surface area contributed by atoms with E-state index in [0.29, 0.717) is 5.56 Å². The molecular weight excluding hydrogens is 264 g/mol. The number of benzene rings is 1. The molecule has 1 N–H and O–H groups in total. The van der Waals surface area contributed by atoms with E-state index >= 15 is 0 Å². The van der Waals surface area contributed by atoms with Crippen molar-refractivity contribution in [2.45, 2.75) is 33.7 Å². The molecule has 0 aliphatic heterocycles. The first-order valence-electron chi connectivity index (χ1n) is 7.87. The first-order valence-corrected chi connectivity index (χ1v) is 7.87. The van der Waals surface area contributed by atoms with Gasteiger partial charge in [0.15, 0.2) is 0 Å². The molecule has 0 aliphatic rings. The van der Waals surface area contributed by atoms with E-state index in [1.165, 1.54) is 0 Å². The lowest BCUT2D eigenvalue weighted by atomic mass is 10.1. The molecule has 1 aromatic carbocycles. The van der Waals surface area contributed by atoms with Gasteiger partial charge in [0.25, 0.3) is 0 Å². The quantitative estimate of drug-likeness (QED) is 0.720. The molecule has 0 spiro atoms. The molecule has 4 nitrogen and oxygen atoms in total. The van der Waals surface area contributed by atoms with Gasteiger partial charge in [0.1, 0.15) is 0 Å². The number of hydrogen-bond donors (Lipinski definition) is 1. The van der Waals surface area contributed by atoms with Gasteiger partial charge in [-0.25, -0.2) is 4.79 Å². The maximum absolute atomic E-state index is 11.0. The Morgan fingerprint density at radius 3 is 2.24 bits per heavy atom. The summed E-state index contributed by atoms with van der Waals surface area (Å²) in [6.45, 7) is 12.7. The van der Waals surface area contributed by atoms with E-state index in [4.69, 9.17) is 5.11 Å². The molecule has 0 heterocycles. The van der Waals surface area contributed by atoms with Gasteiger partial charge in [-0.1, -0.05) is 32.9 Å². The molecule has 1 rings (SSSR count). The van der Waals surface area contributed by atoms with E-state index in [-0.39, 0.29) is 0 Å². The second-order valence-corrected chi connectivity index (χ2v) is 5.25. The summed E-state index contributed by atoms with van der Waals surface area (Å²) in [6.07, 6.45) is 1.15. The number of nitrogens with zero attached hydrogens (tertiary/aromatic N) is 2. The van der Waals surface area contributed by atoms with Crippen LogP contribution in [-0.4, -0.2) is 53.6 Å². The predicted octanol–water partition coefficient (Wildman–Crippen LogP) is 2.94. The molecule has 0 amide bonds. The highest BCUT2D eigenvalue weighted by atomic mass is 16.4. The Kier molecular flexibility index (Phi) is 8.01. The molecule has 0 aliphatic carbocycles. The Bertz CT molecular complexity index is 431. The van der Waals surface area contributed by atoms with Gasteiger partial charge < -0.3 is 10.0 Å². The summed E-state index contributed by atoms with van der Waals surface area (Å²) < 4.78 is 0. The summed E-state index contributed by atoms with van der Waals surface area (Å²) in [5, 5.41) is 9.04. The fourth-order valence-corrected chi connectivity index (χ4v) is 2.47. The van der Waals surface area contributed by atoms with Crippen LogP contribution in [0, 0.1) is 0 Å². The number of rotatable bonds is 10. The minimum absolute atomic E-state index is 0.367. The number of hydrogen-bond acceptors (Lipinski definition) is 3. The van der Waals surface area contributed by atoms with E-state index in [1.54, 1.807) is 12.1 Å². The molecule has 21 heavy (non-hydrogen) atoms. The van der Waals surface area contributed by atoms with Crippen LogP contribution in [0.2, 0.25) is 0 Å². The van der Waals surface area contributed by atoms with Gasteiger partial charge in [-0.15, -0.1) is 0 Å². The van der Waals surface area contributed by atoms with E-state index < -0.39 is 5.97 Å². The largest absolute Gasteiger partial charge is 0.478 e. The third-order valence-corrected chi connectivity index (χ3v) is 3.87. The molecule has 0 unspecified atom stereocenters. The van der Waals surface area contributed by atoms with Crippen LogP contribution in [0.15, 0.2) is 24.3 Å². The molecule has 0 fully saturated rings. The standard InChI is InChI=1S/C17H28N2O2/c1-4-18(5-2)11-8-12-19(6-3)14-15-9-7-10-16(13-15)17(20)21/h7,9-10,13H,4-6,8,11-12,14H2,1-3H3,(H,20,21). The van der Waals surface area contributed by atoms with Crippen LogP contribution < -0.4 is 0 Å². The van der Waals surface area contributed by atoms with E-state index in [9.17, 15) is 4.79 Å². The Hall–Kier alpha value is -1.39. The van der Waals surface area contributed by atoms with Crippen molar-refractivity contribution in [1.29, 1.82) is 0 Å². The SMILES string of the molecule is CCN(CC)CCCN(CC)Cc1cccc(C(=O)O)c1. The van der Waals surface area contributed by atoms with Crippen LogP contribution in [0.4, 0.5) is 0 Å². The van der Waals surface area contributed by atoms with Crippen LogP contribution in [0.3, 0.4) is 0 Å². The molecule has 118 valence electrons. The van der Waals surface area contributed by atoms with Crippen LogP contribution in [-0.2, 0) is 6.54 Å². The van der Waals surface area contributed by atoms with Gasteiger partial charge in [-0.3, -0.25) is 4.90 Å². The zero-order valence-electron chi connectivity index (χ0n) is 13.5. The lowest BCUT2D eigenvalue weighted by Crippen LogP contribution is -2.29. The summed E-state index contributed by atoms with van der Waals surface area (Å²) >= 11 is 0. The number of aromatic carboxylic acids is 1. The van der Waals surface area contributed by atoms with Crippen LogP contribution >= 0.6 is 0 Å². The van der Waals surface area contributed by atoms with Crippen molar-refractivity contribution >= 4 is 5.97 Å². The molecular formula is C17H28N2O2. The highest BCUT2D eigenvalue weighted by molar-refractivity contribution is 5.87. The molecule has 0 atom stereocenters. The smallest absolute Gasteiger partial charge is 0.335 e. The van der Waals surface area contributed by atoms with E-state index in [1.807, 2.05) is 12.1 Å². The van der Waals surface area contributed by atoms with Gasteiger partial charge >= 0.3 is 5.97 Å². The fourth-order valence-electron chi connectivity index (χ4n) is 2.47. The summed E-state index contributed by atoms with van der Waals surface area (Å²) in [5.41, 5.74) is 1.44. The Morgan fingerprint density at radius 1 is 1.05 bits per heavy atom. The average molecular weight is 292 g/mol. The van der Waals surface area contributed by atoms with Crippen molar-refractivity contribution < 1.29 is 9.90 Å². The van der Waals surface area contributed by atoms with Crippen molar-refractivity contribution in [1.82, 2.24) is 9.80 Å². The van der Waals surface area contributed by atoms with Crippen molar-refractivity contribution in [3.05, 3.63) is 35.4 Å². The van der Waals surface area contributed by atoms with E-state index in [0.717, 1.165) is 51.3 Å². The Labute approximate surface area is 128 Å². The predicted molar refractivity (Wildman–Crippen MR) is 86.8 cm³/mol. The molecule has 0 saturated carbocycles. The first kappa shape index (κ1) is 17.7. The Balaban J connectivity index is 2.50. The normalized spacial score (nSPS) is 11.3. The summed E-state index contributed by atoms with van der Waals surface area (Å²) in [5.74, 6) is -0.860. The van der Waals surface area contributed by atoms with Crippen molar-refractivity contribution in [3.8, 4) is 0 Å². The van der Waals surface area contributed by atoms with Crippen LogP contribution in [0.5, 0.6) is 0 Å². The fraction of sp³-hybridized carbons (Fsp3) is 0.588. The molecule has 0 radical (unpaired) electrons. The lowest BCUT2D eigenvalue weighted by Gasteiger charge is -2.23. The maximum atomic E-state index is 11.0. The monoisotopic (exact) mass is 292 g/mol. The third kappa shape index (κ3) is 6.27. The van der Waals surface area contributed by atoms with Gasteiger partial charge in [0.05, 0.1) is 5.56 Å². The summed E-state index contributed by atoms with van der Waals surface area (Å²) in [4.78, 5) is 15.8. The van der Waals surface area contributed by atoms with Crippen LogP contribution in [0.1, 0.15) is 43.1 Å². The summed E-state index contributed by atoms with van der Waals surface area (Å²) in [6, 6.07) is 7.24. The minimum atomic E-state index is -0.860. The molecule has 1 aromatic rings. The van der Waals surface area contributed by atoms with Gasteiger partial charge in [-0.2, -0.15) is 0 Å². The van der Waals surface area contributed by atoms with Crippen molar-refractivity contribution in [3.63, 3.8) is 0 Å². The average Bonchev–Trinajstić information content (AvgIpc) is 2.50. The zero-order valence-corrected chi connectivity index (χ0v) is 13.5. The van der Waals surface area contributed by atoms with Gasteiger partial charge in [-0.05, 0) is 56.8 Å². The highest BCUT2D eigenvalue weighted by Crippen LogP contribution is 2.09. The molecule has 0 saturated heterocycles. The molecule has 4 heteroatoms. The van der Waals surface area contributed by atoms with Gasteiger partial charge in [0.2, 0.25) is 0 Å². The molecule has 0 bridgehead atoms. The maximum Gasteiger partial charge on any atom is 0.335 e. The number of carboxylic acid groups (broad SMARTS) is 1. The Morgan fingerprint density at radius 2 is 1.67 bits per heavy atom. The van der Waals surface area contributed by atoms with Crippen LogP contribution in [0.25, 0.3) is 0 Å². The van der Waals surface area contributed by atoms with Crippen molar-refractivity contribution in [2.24, 2.45) is 0 Å². The third-order valence-electron chi connectivity index (χ3n) is 3.87. The number of carbonyl (C=O) groups is 1. The van der Waals surface area contributed by atoms with Crippen molar-refractivity contribution in [2.75, 3.05) is 32.7 Å². The zero-order chi connectivity index (χ0) is 15.7. The highest BCUT2D eigenvalue weighted by Gasteiger charge is 2.08. The minimum Gasteiger partial charge on any atom is -0.478 e. The number of carboxylic acids is 1. The topological polar surface area (TPSA) is 43.8 Å². The molecule has 0 aromatic heterocycles. The lowest BCUT2D eigenvalue weighted by molar-refractivity contribution is 0.0696. The summed E-state index contributed by atoms with van der Waals surface area (Å²) in [7, 11) is 0. The second-order valence-electron chi connectivity index (χ2n) is 5.25. The second kappa shape index (κ2) is 9.53. The van der Waals surface area contributed by atoms with E-state index in [2.05, 4.69) is 30.6 Å². The van der Waals surface area contributed by atoms with Gasteiger partial charge in [0, 0.05) is 6.54 Å².